The highest BCUT2D eigenvalue weighted by Crippen LogP contribution is 2.58. The Kier molecular flexibility index (Phi) is 6.31. The Bertz CT molecular complexity index is 1190. The summed E-state index contributed by atoms with van der Waals surface area (Å²) in [5, 5.41) is 10.1. The van der Waals surface area contributed by atoms with Crippen molar-refractivity contribution in [3.8, 4) is 0 Å². The van der Waals surface area contributed by atoms with E-state index in [0.29, 0.717) is 19.6 Å². The number of rotatable bonds is 5. The first-order valence-electron chi connectivity index (χ1n) is 13.3. The standard InChI is InChI=1S/C29H37N3O5/c1-6-13-30-14-7-11-28(5)22(25(30)34)23-26(35)32(20(4)17-33)24-27(36)31(15-8-12-29(23,24)37-28)21-16-18(2)9-10-19(21)3/h7-12,16,20,22-24,33H,6,13-15,17H2,1-5H3/t20-,22-,23+,24?,28+,29+/m1/s1. The maximum atomic E-state index is 14.4. The van der Waals surface area contributed by atoms with Crippen LogP contribution in [0, 0.1) is 25.7 Å². The molecule has 0 bridgehead atoms. The van der Waals surface area contributed by atoms with E-state index in [1.54, 1.807) is 16.7 Å². The summed E-state index contributed by atoms with van der Waals surface area (Å²) in [4.78, 5) is 47.6. The molecule has 0 radical (unpaired) electrons. The van der Waals surface area contributed by atoms with Gasteiger partial charge in [0.25, 0.3) is 5.91 Å². The summed E-state index contributed by atoms with van der Waals surface area (Å²) in [5.74, 6) is -2.35. The van der Waals surface area contributed by atoms with Crippen molar-refractivity contribution in [2.45, 2.75) is 64.3 Å². The second-order valence-corrected chi connectivity index (χ2v) is 11.1. The number of carbonyl (C=O) groups is 3. The molecule has 1 N–H and O–H groups in total. The number of aliphatic hydroxyl groups excluding tert-OH is 1. The molecule has 0 aromatic heterocycles. The van der Waals surface area contributed by atoms with Crippen LogP contribution in [-0.2, 0) is 19.1 Å². The van der Waals surface area contributed by atoms with Gasteiger partial charge in [0.1, 0.15) is 11.6 Å². The molecule has 198 valence electrons. The first-order chi connectivity index (χ1) is 17.6. The van der Waals surface area contributed by atoms with E-state index in [4.69, 9.17) is 4.74 Å². The molecule has 0 aliphatic carbocycles. The van der Waals surface area contributed by atoms with Crippen LogP contribution in [0.15, 0.2) is 42.5 Å². The number of hydrogen-bond donors (Lipinski definition) is 1. The van der Waals surface area contributed by atoms with Crippen molar-refractivity contribution in [2.75, 3.05) is 31.1 Å². The zero-order chi connectivity index (χ0) is 26.7. The van der Waals surface area contributed by atoms with Crippen LogP contribution >= 0.6 is 0 Å². The minimum atomic E-state index is -1.32. The number of anilines is 1. The number of ether oxygens (including phenoxy) is 1. The molecule has 1 aromatic carbocycles. The fourth-order valence-electron chi connectivity index (χ4n) is 6.77. The summed E-state index contributed by atoms with van der Waals surface area (Å²) >= 11 is 0. The van der Waals surface area contributed by atoms with Crippen LogP contribution in [0.3, 0.4) is 0 Å². The van der Waals surface area contributed by atoms with Gasteiger partial charge in [0.15, 0.2) is 0 Å². The molecule has 3 amide bonds. The van der Waals surface area contributed by atoms with E-state index in [1.807, 2.05) is 70.2 Å². The lowest BCUT2D eigenvalue weighted by molar-refractivity contribution is -0.150. The van der Waals surface area contributed by atoms with Crippen molar-refractivity contribution in [3.05, 3.63) is 53.6 Å². The van der Waals surface area contributed by atoms with Gasteiger partial charge < -0.3 is 24.5 Å². The van der Waals surface area contributed by atoms with E-state index in [0.717, 1.165) is 23.2 Å². The largest absolute Gasteiger partial charge is 0.394 e. The lowest BCUT2D eigenvalue weighted by atomic mass is 9.74. The van der Waals surface area contributed by atoms with E-state index < -0.39 is 35.1 Å². The number of fused-ring (bicyclic) bond motifs is 2. The number of nitrogens with zero attached hydrogens (tertiary/aromatic N) is 3. The second-order valence-electron chi connectivity index (χ2n) is 11.1. The molecular formula is C29H37N3O5. The number of amides is 3. The van der Waals surface area contributed by atoms with Gasteiger partial charge in [0.05, 0.1) is 30.1 Å². The zero-order valence-corrected chi connectivity index (χ0v) is 22.3. The predicted molar refractivity (Wildman–Crippen MR) is 140 cm³/mol. The molecule has 2 fully saturated rings. The van der Waals surface area contributed by atoms with E-state index in [1.165, 1.54) is 4.90 Å². The van der Waals surface area contributed by atoms with E-state index in [2.05, 4.69) is 0 Å². The highest BCUT2D eigenvalue weighted by Gasteiger charge is 2.75. The summed E-state index contributed by atoms with van der Waals surface area (Å²) in [6.45, 7) is 10.6. The predicted octanol–water partition coefficient (Wildman–Crippen LogP) is 2.37. The number of carbonyl (C=O) groups excluding carboxylic acids is 3. The van der Waals surface area contributed by atoms with Gasteiger partial charge in [0.2, 0.25) is 11.8 Å². The highest BCUT2D eigenvalue weighted by atomic mass is 16.5. The molecule has 8 heteroatoms. The minimum Gasteiger partial charge on any atom is -0.394 e. The Morgan fingerprint density at radius 1 is 1.05 bits per heavy atom. The smallest absolute Gasteiger partial charge is 0.253 e. The first-order valence-corrected chi connectivity index (χ1v) is 13.3. The van der Waals surface area contributed by atoms with Crippen LogP contribution < -0.4 is 4.90 Å². The fraction of sp³-hybridized carbons (Fsp3) is 0.552. The zero-order valence-electron chi connectivity index (χ0n) is 22.3. The molecule has 4 heterocycles. The van der Waals surface area contributed by atoms with E-state index >= 15 is 0 Å². The van der Waals surface area contributed by atoms with E-state index in [-0.39, 0.29) is 24.3 Å². The lowest BCUT2D eigenvalue weighted by Gasteiger charge is -2.39. The van der Waals surface area contributed by atoms with Crippen molar-refractivity contribution in [1.29, 1.82) is 0 Å². The molecule has 6 atom stereocenters. The van der Waals surface area contributed by atoms with Gasteiger partial charge in [-0.05, 0) is 51.3 Å². The van der Waals surface area contributed by atoms with Gasteiger partial charge in [-0.2, -0.15) is 0 Å². The van der Waals surface area contributed by atoms with Gasteiger partial charge in [0, 0.05) is 25.3 Å². The number of hydrogen-bond acceptors (Lipinski definition) is 5. The van der Waals surface area contributed by atoms with Crippen LogP contribution in [0.1, 0.15) is 38.3 Å². The molecule has 1 aromatic rings. The molecule has 2 saturated heterocycles. The summed E-state index contributed by atoms with van der Waals surface area (Å²) in [6, 6.07) is 4.34. The first kappa shape index (κ1) is 25.7. The van der Waals surface area contributed by atoms with Gasteiger partial charge in [-0.15, -0.1) is 0 Å². The Hall–Kier alpha value is -2.97. The topological polar surface area (TPSA) is 90.4 Å². The van der Waals surface area contributed by atoms with Gasteiger partial charge >= 0.3 is 0 Å². The maximum Gasteiger partial charge on any atom is 0.253 e. The van der Waals surface area contributed by atoms with Crippen LogP contribution in [0.5, 0.6) is 0 Å². The number of aliphatic hydroxyl groups is 1. The molecule has 4 aliphatic heterocycles. The van der Waals surface area contributed by atoms with Gasteiger partial charge in [-0.3, -0.25) is 14.4 Å². The van der Waals surface area contributed by atoms with Crippen molar-refractivity contribution in [2.24, 2.45) is 11.8 Å². The number of aryl methyl sites for hydroxylation is 2. The Morgan fingerprint density at radius 2 is 1.78 bits per heavy atom. The molecule has 0 saturated carbocycles. The van der Waals surface area contributed by atoms with Gasteiger partial charge in [-0.1, -0.05) is 43.4 Å². The average molecular weight is 508 g/mol. The van der Waals surface area contributed by atoms with Crippen molar-refractivity contribution < 1.29 is 24.2 Å². The molecule has 37 heavy (non-hydrogen) atoms. The second kappa shape index (κ2) is 9.10. The number of benzene rings is 1. The molecule has 1 unspecified atom stereocenters. The monoisotopic (exact) mass is 507 g/mol. The van der Waals surface area contributed by atoms with Crippen molar-refractivity contribution in [3.63, 3.8) is 0 Å². The Morgan fingerprint density at radius 3 is 2.49 bits per heavy atom. The summed E-state index contributed by atoms with van der Waals surface area (Å²) in [7, 11) is 0. The summed E-state index contributed by atoms with van der Waals surface area (Å²) < 4.78 is 6.82. The quantitative estimate of drug-likeness (QED) is 0.618. The van der Waals surface area contributed by atoms with Crippen LogP contribution in [0.4, 0.5) is 5.69 Å². The average Bonchev–Trinajstić information content (AvgIpc) is 3.14. The third kappa shape index (κ3) is 3.67. The van der Waals surface area contributed by atoms with Crippen molar-refractivity contribution in [1.82, 2.24) is 9.80 Å². The SMILES string of the molecule is CCCN1CC=C[C@]2(C)O[C@]34C=CCN(c5cc(C)ccc5C)C(=O)C3N([C@H](C)CO)C(=O)[C@@H]4[C@@H]2C1=O. The maximum absolute atomic E-state index is 14.4. The highest BCUT2D eigenvalue weighted by molar-refractivity contribution is 6.06. The third-order valence-corrected chi connectivity index (χ3v) is 8.47. The van der Waals surface area contributed by atoms with E-state index in [9.17, 15) is 19.5 Å². The molecule has 8 nitrogen and oxygen atoms in total. The Balaban J connectivity index is 1.67. The molecule has 1 spiro atoms. The molecule has 5 rings (SSSR count). The van der Waals surface area contributed by atoms with Crippen LogP contribution in [0.2, 0.25) is 0 Å². The minimum absolute atomic E-state index is 0.127. The van der Waals surface area contributed by atoms with Gasteiger partial charge in [-0.25, -0.2) is 0 Å². The lowest BCUT2D eigenvalue weighted by Crippen LogP contribution is -2.58. The Labute approximate surface area is 218 Å². The summed E-state index contributed by atoms with van der Waals surface area (Å²) in [5.41, 5.74) is 0.396. The third-order valence-electron chi connectivity index (χ3n) is 8.47. The van der Waals surface area contributed by atoms with Crippen molar-refractivity contribution >= 4 is 23.4 Å². The molecular weight excluding hydrogens is 470 g/mol. The summed E-state index contributed by atoms with van der Waals surface area (Å²) in [6.07, 6.45) is 8.36. The fourth-order valence-corrected chi connectivity index (χ4v) is 6.77. The normalized spacial score (nSPS) is 33.8. The van der Waals surface area contributed by atoms with Crippen LogP contribution in [0.25, 0.3) is 0 Å². The molecule has 4 aliphatic rings. The number of likely N-dealkylation sites (tertiary alicyclic amines) is 1. The van der Waals surface area contributed by atoms with Crippen LogP contribution in [-0.4, -0.2) is 82.2 Å².